The fraction of sp³-hybridized carbons (Fsp3) is 0.238. The molecule has 0 aromatic heterocycles. The Hall–Kier alpha value is -3.16. The zero-order chi connectivity index (χ0) is 21.2. The topological polar surface area (TPSA) is 41.9 Å². The molecule has 1 aliphatic rings. The van der Waals surface area contributed by atoms with Crippen molar-refractivity contribution in [2.75, 3.05) is 18.7 Å². The van der Waals surface area contributed by atoms with Gasteiger partial charge in [0.25, 0.3) is 0 Å². The number of rotatable bonds is 5. The van der Waals surface area contributed by atoms with E-state index < -0.39 is 28.9 Å². The Morgan fingerprint density at radius 2 is 1.97 bits per heavy atom. The lowest BCUT2D eigenvalue weighted by atomic mass is 9.74. The van der Waals surface area contributed by atoms with Crippen LogP contribution in [0.15, 0.2) is 66.3 Å². The van der Waals surface area contributed by atoms with Crippen LogP contribution < -0.4 is 5.01 Å². The van der Waals surface area contributed by atoms with Crippen LogP contribution >= 0.6 is 0 Å². The summed E-state index contributed by atoms with van der Waals surface area (Å²) >= 11 is 0. The van der Waals surface area contributed by atoms with Crippen molar-refractivity contribution in [2.24, 2.45) is 5.10 Å². The second-order valence-electron chi connectivity index (χ2n) is 6.60. The highest BCUT2D eigenvalue weighted by Crippen LogP contribution is 2.40. The summed E-state index contributed by atoms with van der Waals surface area (Å²) < 4.78 is 58.6. The van der Waals surface area contributed by atoms with Gasteiger partial charge < -0.3 is 4.74 Å². The first-order valence-electron chi connectivity index (χ1n) is 8.71. The highest BCUT2D eigenvalue weighted by atomic mass is 19.4. The molecule has 2 aromatic rings. The maximum atomic E-state index is 14.4. The van der Waals surface area contributed by atoms with E-state index in [0.717, 1.165) is 11.1 Å². The number of alkyl halides is 3. The van der Waals surface area contributed by atoms with Gasteiger partial charge in [-0.1, -0.05) is 36.4 Å². The predicted molar refractivity (Wildman–Crippen MR) is 101 cm³/mol. The largest absolute Gasteiger partial charge is 0.464 e. The number of benzene rings is 2. The number of carbonyl (C=O) groups excluding carboxylic acids is 1. The molecule has 1 atom stereocenters. The van der Waals surface area contributed by atoms with Crippen LogP contribution in [-0.2, 0) is 21.1 Å². The van der Waals surface area contributed by atoms with E-state index in [1.165, 1.54) is 7.11 Å². The number of hydrogen-bond acceptors (Lipinski definition) is 4. The van der Waals surface area contributed by atoms with Gasteiger partial charge in [0, 0.05) is 0 Å². The molecule has 3 rings (SSSR count). The van der Waals surface area contributed by atoms with Crippen molar-refractivity contribution in [3.8, 4) is 0 Å². The third kappa shape index (κ3) is 3.74. The quantitative estimate of drug-likeness (QED) is 0.410. The van der Waals surface area contributed by atoms with Gasteiger partial charge in [0.1, 0.15) is 5.82 Å². The Kier molecular flexibility index (Phi) is 5.46. The van der Waals surface area contributed by atoms with Crippen LogP contribution in [0, 0.1) is 5.82 Å². The summed E-state index contributed by atoms with van der Waals surface area (Å²) in [4.78, 5) is 12.5. The molecular formula is C21H18F4N2O2. The monoisotopic (exact) mass is 406 g/mol. The molecule has 1 aliphatic heterocycles. The lowest BCUT2D eigenvalue weighted by Gasteiger charge is -2.30. The molecule has 1 heterocycles. The second kappa shape index (κ2) is 7.69. The fourth-order valence-corrected chi connectivity index (χ4v) is 3.45. The molecule has 0 amide bonds. The summed E-state index contributed by atoms with van der Waals surface area (Å²) in [6, 6.07) is 10.9. The Bertz CT molecular complexity index is 957. The summed E-state index contributed by atoms with van der Waals surface area (Å²) in [5.74, 6) is -1.63. The number of hydrogen-bond donors (Lipinski definition) is 0. The number of hydrazone groups is 1. The Balaban J connectivity index is 2.16. The molecule has 1 unspecified atom stereocenters. The van der Waals surface area contributed by atoms with E-state index in [9.17, 15) is 22.4 Å². The standard InChI is InChI=1S/C21H18F4N2O2/c1-3-11-20(14-7-5-4-6-8-14)13-27(26-18(20)19(28)29-2)17-12-15(21(23,24)25)9-10-16(17)22/h3-10,12H,1,11,13H2,2H3. The molecule has 8 heteroatoms. The van der Waals surface area contributed by atoms with Gasteiger partial charge in [0.05, 0.1) is 30.3 Å². The summed E-state index contributed by atoms with van der Waals surface area (Å²) in [5.41, 5.74) is -1.76. The minimum atomic E-state index is -4.64. The molecule has 0 N–H and O–H groups in total. The number of ether oxygens (including phenoxy) is 1. The predicted octanol–water partition coefficient (Wildman–Crippen LogP) is 4.71. The summed E-state index contributed by atoms with van der Waals surface area (Å²) in [7, 11) is 1.18. The molecule has 0 saturated heterocycles. The minimum absolute atomic E-state index is 0.0251. The Labute approximate surface area is 165 Å². The number of esters is 1. The van der Waals surface area contributed by atoms with E-state index in [2.05, 4.69) is 11.7 Å². The van der Waals surface area contributed by atoms with Gasteiger partial charge >= 0.3 is 12.1 Å². The summed E-state index contributed by atoms with van der Waals surface area (Å²) in [6.07, 6.45) is -2.81. The first-order chi connectivity index (χ1) is 13.7. The highest BCUT2D eigenvalue weighted by molar-refractivity contribution is 6.41. The van der Waals surface area contributed by atoms with Gasteiger partial charge in [-0.2, -0.15) is 18.3 Å². The molecule has 0 fully saturated rings. The summed E-state index contributed by atoms with van der Waals surface area (Å²) in [6.45, 7) is 3.68. The van der Waals surface area contributed by atoms with Gasteiger partial charge in [0.2, 0.25) is 0 Å². The van der Waals surface area contributed by atoms with Crippen molar-refractivity contribution in [2.45, 2.75) is 18.0 Å². The van der Waals surface area contributed by atoms with Crippen molar-refractivity contribution in [3.63, 3.8) is 0 Å². The van der Waals surface area contributed by atoms with Crippen molar-refractivity contribution >= 4 is 17.4 Å². The first kappa shape index (κ1) is 20.6. The van der Waals surface area contributed by atoms with Gasteiger partial charge in [0.15, 0.2) is 5.71 Å². The Morgan fingerprint density at radius 3 is 2.55 bits per heavy atom. The van der Waals surface area contributed by atoms with Gasteiger partial charge in [-0.3, -0.25) is 5.01 Å². The maximum absolute atomic E-state index is 14.4. The van der Waals surface area contributed by atoms with Crippen molar-refractivity contribution in [1.29, 1.82) is 0 Å². The van der Waals surface area contributed by atoms with Crippen molar-refractivity contribution < 1.29 is 27.1 Å². The average molecular weight is 406 g/mol. The molecule has 2 aromatic carbocycles. The highest BCUT2D eigenvalue weighted by Gasteiger charge is 2.48. The van der Waals surface area contributed by atoms with Crippen LogP contribution in [-0.4, -0.2) is 25.3 Å². The second-order valence-corrected chi connectivity index (χ2v) is 6.60. The molecule has 0 saturated carbocycles. The van der Waals surface area contributed by atoms with Gasteiger partial charge in [-0.05, 0) is 30.2 Å². The number of allylic oxidation sites excluding steroid dienone is 1. The number of nitrogens with zero attached hydrogens (tertiary/aromatic N) is 2. The van der Waals surface area contributed by atoms with E-state index >= 15 is 0 Å². The molecule has 152 valence electrons. The lowest BCUT2D eigenvalue weighted by Crippen LogP contribution is -2.42. The van der Waals surface area contributed by atoms with Crippen LogP contribution in [0.5, 0.6) is 0 Å². The SMILES string of the molecule is C=CCC1(c2ccccc2)CN(c2cc(C(F)(F)F)ccc2F)N=C1C(=O)OC. The average Bonchev–Trinajstić information content (AvgIpc) is 3.08. The van der Waals surface area contributed by atoms with E-state index in [1.54, 1.807) is 36.4 Å². The number of anilines is 1. The van der Waals surface area contributed by atoms with E-state index in [1.807, 2.05) is 0 Å². The molecule has 0 spiro atoms. The van der Waals surface area contributed by atoms with E-state index in [4.69, 9.17) is 4.74 Å². The maximum Gasteiger partial charge on any atom is 0.416 e. The molecule has 29 heavy (non-hydrogen) atoms. The third-order valence-electron chi connectivity index (χ3n) is 4.84. The lowest BCUT2D eigenvalue weighted by molar-refractivity contribution is -0.137. The van der Waals surface area contributed by atoms with E-state index in [0.29, 0.717) is 17.7 Å². The molecular weight excluding hydrogens is 388 g/mol. The van der Waals surface area contributed by atoms with Crippen molar-refractivity contribution in [1.82, 2.24) is 0 Å². The normalized spacial score (nSPS) is 19.1. The van der Waals surface area contributed by atoms with Crippen molar-refractivity contribution in [3.05, 3.63) is 78.1 Å². The fourth-order valence-electron chi connectivity index (χ4n) is 3.45. The zero-order valence-electron chi connectivity index (χ0n) is 15.5. The number of methoxy groups -OCH3 is 1. The van der Waals surface area contributed by atoms with Crippen LogP contribution in [0.3, 0.4) is 0 Å². The number of halogens is 4. The molecule has 4 nitrogen and oxygen atoms in total. The Morgan fingerprint density at radius 1 is 1.28 bits per heavy atom. The zero-order valence-corrected chi connectivity index (χ0v) is 15.5. The van der Waals surface area contributed by atoms with Crippen LogP contribution in [0.4, 0.5) is 23.2 Å². The van der Waals surface area contributed by atoms with Crippen LogP contribution in [0.1, 0.15) is 17.5 Å². The smallest absolute Gasteiger partial charge is 0.416 e. The minimum Gasteiger partial charge on any atom is -0.464 e. The summed E-state index contributed by atoms with van der Waals surface area (Å²) in [5, 5.41) is 5.26. The van der Waals surface area contributed by atoms with Crippen LogP contribution in [0.25, 0.3) is 0 Å². The first-order valence-corrected chi connectivity index (χ1v) is 8.71. The van der Waals surface area contributed by atoms with Gasteiger partial charge in [-0.25, -0.2) is 9.18 Å². The van der Waals surface area contributed by atoms with Crippen LogP contribution in [0.2, 0.25) is 0 Å². The molecule has 0 bridgehead atoms. The molecule has 0 radical (unpaired) electrons. The number of carbonyl (C=O) groups is 1. The third-order valence-corrected chi connectivity index (χ3v) is 4.84. The van der Waals surface area contributed by atoms with Gasteiger partial charge in [-0.15, -0.1) is 6.58 Å². The van der Waals surface area contributed by atoms with E-state index in [-0.39, 0.29) is 24.4 Å². The molecule has 0 aliphatic carbocycles.